The minimum atomic E-state index is 0.431. The third kappa shape index (κ3) is 3.93. The van der Waals surface area contributed by atoms with Crippen molar-refractivity contribution in [3.05, 3.63) is 0 Å². The van der Waals surface area contributed by atoms with E-state index >= 15 is 0 Å². The SMILES string of the molecule is C1CCC(CCNCC2CN3CCCC3CO2)CC1. The van der Waals surface area contributed by atoms with Crippen molar-refractivity contribution in [2.45, 2.75) is 63.5 Å². The molecular weight excluding hydrogens is 236 g/mol. The molecule has 19 heavy (non-hydrogen) atoms. The van der Waals surface area contributed by atoms with Crippen LogP contribution in [0.5, 0.6) is 0 Å². The fourth-order valence-electron chi connectivity index (χ4n) is 4.05. The van der Waals surface area contributed by atoms with Crippen LogP contribution in [-0.2, 0) is 4.74 Å². The maximum absolute atomic E-state index is 5.98. The van der Waals surface area contributed by atoms with Crippen molar-refractivity contribution in [2.24, 2.45) is 5.92 Å². The van der Waals surface area contributed by atoms with Gasteiger partial charge in [0.05, 0.1) is 12.7 Å². The van der Waals surface area contributed by atoms with Crippen molar-refractivity contribution < 1.29 is 4.74 Å². The number of rotatable bonds is 5. The monoisotopic (exact) mass is 266 g/mol. The quantitative estimate of drug-likeness (QED) is 0.773. The van der Waals surface area contributed by atoms with Crippen LogP contribution in [0.3, 0.4) is 0 Å². The van der Waals surface area contributed by atoms with Crippen molar-refractivity contribution in [2.75, 3.05) is 32.8 Å². The van der Waals surface area contributed by atoms with Gasteiger partial charge in [0.15, 0.2) is 0 Å². The topological polar surface area (TPSA) is 24.5 Å². The van der Waals surface area contributed by atoms with Gasteiger partial charge in [0, 0.05) is 19.1 Å². The second kappa shape index (κ2) is 7.05. The number of nitrogens with one attached hydrogen (secondary N) is 1. The average molecular weight is 266 g/mol. The fourth-order valence-corrected chi connectivity index (χ4v) is 4.05. The van der Waals surface area contributed by atoms with E-state index in [4.69, 9.17) is 4.74 Å². The lowest BCUT2D eigenvalue weighted by atomic mass is 9.87. The summed E-state index contributed by atoms with van der Waals surface area (Å²) < 4.78 is 5.98. The normalized spacial score (nSPS) is 33.5. The van der Waals surface area contributed by atoms with Gasteiger partial charge in [-0.25, -0.2) is 0 Å². The summed E-state index contributed by atoms with van der Waals surface area (Å²) in [6.45, 7) is 5.66. The number of ether oxygens (including phenoxy) is 1. The highest BCUT2D eigenvalue weighted by atomic mass is 16.5. The van der Waals surface area contributed by atoms with Crippen LogP contribution in [-0.4, -0.2) is 49.8 Å². The summed E-state index contributed by atoms with van der Waals surface area (Å²) >= 11 is 0. The minimum Gasteiger partial charge on any atom is -0.374 e. The molecular formula is C16H30N2O. The summed E-state index contributed by atoms with van der Waals surface area (Å²) in [5.41, 5.74) is 0. The second-order valence-electron chi connectivity index (χ2n) is 6.74. The first-order valence-electron chi connectivity index (χ1n) is 8.48. The van der Waals surface area contributed by atoms with Crippen LogP contribution in [0.1, 0.15) is 51.4 Å². The molecule has 1 saturated carbocycles. The summed E-state index contributed by atoms with van der Waals surface area (Å²) in [6.07, 6.45) is 11.9. The highest BCUT2D eigenvalue weighted by molar-refractivity contribution is 4.85. The standard InChI is InChI=1S/C16H30N2O/c1-2-5-14(6-3-1)8-9-17-11-16-12-18-10-4-7-15(18)13-19-16/h14-17H,1-13H2. The molecule has 0 aromatic heterocycles. The van der Waals surface area contributed by atoms with E-state index in [1.54, 1.807) is 0 Å². The summed E-state index contributed by atoms with van der Waals surface area (Å²) in [5.74, 6) is 0.997. The predicted molar refractivity (Wildman–Crippen MR) is 78.4 cm³/mol. The average Bonchev–Trinajstić information content (AvgIpc) is 2.92. The van der Waals surface area contributed by atoms with Gasteiger partial charge < -0.3 is 10.1 Å². The Labute approximate surface area is 118 Å². The molecule has 0 amide bonds. The number of morpholine rings is 1. The van der Waals surface area contributed by atoms with Crippen molar-refractivity contribution in [1.29, 1.82) is 0 Å². The summed E-state index contributed by atoms with van der Waals surface area (Å²) in [5, 5.41) is 3.63. The molecule has 1 aliphatic carbocycles. The van der Waals surface area contributed by atoms with Gasteiger partial charge in [-0.2, -0.15) is 0 Å². The highest BCUT2D eigenvalue weighted by Gasteiger charge is 2.31. The minimum absolute atomic E-state index is 0.431. The second-order valence-corrected chi connectivity index (χ2v) is 6.74. The molecule has 1 N–H and O–H groups in total. The Bertz CT molecular complexity index is 265. The molecule has 0 spiro atoms. The van der Waals surface area contributed by atoms with Crippen LogP contribution in [0.25, 0.3) is 0 Å². The molecule has 0 radical (unpaired) electrons. The number of hydrogen-bond donors (Lipinski definition) is 1. The van der Waals surface area contributed by atoms with Crippen molar-refractivity contribution >= 4 is 0 Å². The summed E-state index contributed by atoms with van der Waals surface area (Å²) in [6, 6.07) is 0.735. The molecule has 0 aromatic rings. The molecule has 2 aliphatic heterocycles. The maximum Gasteiger partial charge on any atom is 0.0826 e. The lowest BCUT2D eigenvalue weighted by Gasteiger charge is -2.35. The first-order valence-corrected chi connectivity index (χ1v) is 8.48. The molecule has 110 valence electrons. The van der Waals surface area contributed by atoms with E-state index in [2.05, 4.69) is 10.2 Å². The Hall–Kier alpha value is -0.120. The van der Waals surface area contributed by atoms with Gasteiger partial charge in [0.2, 0.25) is 0 Å². The zero-order valence-electron chi connectivity index (χ0n) is 12.3. The fraction of sp³-hybridized carbons (Fsp3) is 1.00. The smallest absolute Gasteiger partial charge is 0.0826 e. The van der Waals surface area contributed by atoms with Crippen LogP contribution in [0.2, 0.25) is 0 Å². The van der Waals surface area contributed by atoms with Gasteiger partial charge in [0.1, 0.15) is 0 Å². The molecule has 2 heterocycles. The van der Waals surface area contributed by atoms with Crippen LogP contribution in [0.15, 0.2) is 0 Å². The van der Waals surface area contributed by atoms with Gasteiger partial charge in [-0.15, -0.1) is 0 Å². The van der Waals surface area contributed by atoms with E-state index in [0.717, 1.165) is 31.7 Å². The molecule has 3 heteroatoms. The molecule has 3 fully saturated rings. The van der Waals surface area contributed by atoms with E-state index in [0.29, 0.717) is 6.10 Å². The van der Waals surface area contributed by atoms with Gasteiger partial charge in [-0.1, -0.05) is 32.1 Å². The third-order valence-corrected chi connectivity index (χ3v) is 5.29. The van der Waals surface area contributed by atoms with Crippen molar-refractivity contribution in [1.82, 2.24) is 10.2 Å². The molecule has 3 aliphatic rings. The van der Waals surface area contributed by atoms with Gasteiger partial charge in [-0.3, -0.25) is 4.90 Å². The van der Waals surface area contributed by atoms with Gasteiger partial charge in [0.25, 0.3) is 0 Å². The van der Waals surface area contributed by atoms with E-state index in [1.807, 2.05) is 0 Å². The maximum atomic E-state index is 5.98. The van der Waals surface area contributed by atoms with E-state index in [-0.39, 0.29) is 0 Å². The first kappa shape index (κ1) is 13.8. The van der Waals surface area contributed by atoms with E-state index < -0.39 is 0 Å². The highest BCUT2D eigenvalue weighted by Crippen LogP contribution is 2.26. The van der Waals surface area contributed by atoms with Crippen molar-refractivity contribution in [3.8, 4) is 0 Å². The predicted octanol–water partition coefficient (Wildman–Crippen LogP) is 2.41. The third-order valence-electron chi connectivity index (χ3n) is 5.29. The molecule has 2 unspecified atom stereocenters. The lowest BCUT2D eigenvalue weighted by Crippen LogP contribution is -2.49. The van der Waals surface area contributed by atoms with Crippen LogP contribution < -0.4 is 5.32 Å². The van der Waals surface area contributed by atoms with E-state index in [1.165, 1.54) is 64.5 Å². The lowest BCUT2D eigenvalue weighted by molar-refractivity contribution is -0.0469. The number of hydrogen-bond acceptors (Lipinski definition) is 3. The summed E-state index contributed by atoms with van der Waals surface area (Å²) in [4.78, 5) is 2.64. The number of nitrogens with zero attached hydrogens (tertiary/aromatic N) is 1. The van der Waals surface area contributed by atoms with Crippen LogP contribution >= 0.6 is 0 Å². The number of fused-ring (bicyclic) bond motifs is 1. The Morgan fingerprint density at radius 1 is 1.05 bits per heavy atom. The first-order chi connectivity index (χ1) is 9.42. The van der Waals surface area contributed by atoms with Crippen molar-refractivity contribution in [3.63, 3.8) is 0 Å². The Morgan fingerprint density at radius 3 is 2.84 bits per heavy atom. The van der Waals surface area contributed by atoms with Gasteiger partial charge >= 0.3 is 0 Å². The zero-order valence-corrected chi connectivity index (χ0v) is 12.3. The Morgan fingerprint density at radius 2 is 1.95 bits per heavy atom. The molecule has 3 rings (SSSR count). The molecule has 0 bridgehead atoms. The molecule has 3 nitrogen and oxygen atoms in total. The largest absolute Gasteiger partial charge is 0.374 e. The van der Waals surface area contributed by atoms with Crippen LogP contribution in [0.4, 0.5) is 0 Å². The Balaban J connectivity index is 1.27. The molecule has 0 aromatic carbocycles. The van der Waals surface area contributed by atoms with E-state index in [9.17, 15) is 0 Å². The molecule has 2 atom stereocenters. The van der Waals surface area contributed by atoms with Gasteiger partial charge in [-0.05, 0) is 38.3 Å². The summed E-state index contributed by atoms with van der Waals surface area (Å²) in [7, 11) is 0. The Kier molecular flexibility index (Phi) is 5.14. The molecule has 2 saturated heterocycles. The zero-order chi connectivity index (χ0) is 12.9. The van der Waals surface area contributed by atoms with Crippen LogP contribution in [0, 0.1) is 5.92 Å².